The molecule has 0 radical (unpaired) electrons. The summed E-state index contributed by atoms with van der Waals surface area (Å²) in [7, 11) is 0. The normalized spacial score (nSPS) is 25.4. The molecule has 1 aromatic carbocycles. The van der Waals surface area contributed by atoms with E-state index in [9.17, 15) is 4.79 Å². The number of hydrogen-bond acceptors (Lipinski definition) is 4. The van der Waals surface area contributed by atoms with Gasteiger partial charge in [0.05, 0.1) is 4.34 Å². The predicted molar refractivity (Wildman–Crippen MR) is 101 cm³/mol. The van der Waals surface area contributed by atoms with Crippen molar-refractivity contribution < 1.29 is 9.53 Å². The van der Waals surface area contributed by atoms with Crippen LogP contribution < -0.4 is 10.1 Å². The summed E-state index contributed by atoms with van der Waals surface area (Å²) in [4.78, 5) is 15.0. The van der Waals surface area contributed by atoms with Crippen LogP contribution in [0.25, 0.3) is 0 Å². The van der Waals surface area contributed by atoms with Gasteiger partial charge in [0.2, 0.25) is 0 Å². The maximum Gasteiger partial charge on any atom is 0.251 e. The van der Waals surface area contributed by atoms with Gasteiger partial charge in [-0.3, -0.25) is 4.79 Å². The molecule has 3 fully saturated rings. The average molecular weight is 377 g/mol. The summed E-state index contributed by atoms with van der Waals surface area (Å²) in [6.07, 6.45) is 3.64. The van der Waals surface area contributed by atoms with Crippen LogP contribution in [0.3, 0.4) is 0 Å². The molecule has 1 N–H and O–H groups in total. The Bertz CT molecular complexity index is 724. The number of ether oxygens (including phenoxy) is 1. The number of halogens is 1. The molecule has 3 aliphatic heterocycles. The Morgan fingerprint density at radius 1 is 1.16 bits per heavy atom. The van der Waals surface area contributed by atoms with Crippen molar-refractivity contribution in [3.05, 3.63) is 46.3 Å². The molecule has 3 aliphatic rings. The first-order valence-corrected chi connectivity index (χ1v) is 9.91. The monoisotopic (exact) mass is 376 g/mol. The molecule has 0 saturated carbocycles. The van der Waals surface area contributed by atoms with Crippen LogP contribution in [-0.4, -0.2) is 36.5 Å². The molecule has 132 valence electrons. The number of benzene rings is 1. The number of piperidine rings is 1. The fourth-order valence-electron chi connectivity index (χ4n) is 3.71. The van der Waals surface area contributed by atoms with Crippen LogP contribution in [-0.2, 0) is 0 Å². The van der Waals surface area contributed by atoms with Crippen LogP contribution in [0, 0.1) is 5.92 Å². The smallest absolute Gasteiger partial charge is 0.251 e. The van der Waals surface area contributed by atoms with Crippen LogP contribution in [0.15, 0.2) is 36.4 Å². The standard InChI is InChI=1S/C19H21ClN2O2S/c20-17-5-6-18(25-17)24-16-3-1-14(2-4-16)19(23)21-15-11-13-7-9-22(12-15)10-8-13/h1-6,13,15H,7-12H2,(H,21,23). The second-order valence-electron chi connectivity index (χ2n) is 6.84. The van der Waals surface area contributed by atoms with Gasteiger partial charge in [-0.1, -0.05) is 22.9 Å². The summed E-state index contributed by atoms with van der Waals surface area (Å²) in [6.45, 7) is 3.33. The summed E-state index contributed by atoms with van der Waals surface area (Å²) in [6, 6.07) is 11.2. The van der Waals surface area contributed by atoms with E-state index < -0.39 is 0 Å². The zero-order chi connectivity index (χ0) is 17.2. The van der Waals surface area contributed by atoms with E-state index in [0.717, 1.165) is 23.9 Å². The third kappa shape index (κ3) is 4.17. The number of nitrogens with zero attached hydrogens (tertiary/aromatic N) is 1. The average Bonchev–Trinajstić information content (AvgIpc) is 2.81. The number of fused-ring (bicyclic) bond motifs is 4. The van der Waals surface area contributed by atoms with Gasteiger partial charge in [-0.15, -0.1) is 0 Å². The van der Waals surface area contributed by atoms with E-state index in [1.54, 1.807) is 6.07 Å². The number of carbonyl (C=O) groups is 1. The van der Waals surface area contributed by atoms with Crippen molar-refractivity contribution in [3.8, 4) is 10.8 Å². The Morgan fingerprint density at radius 3 is 2.60 bits per heavy atom. The van der Waals surface area contributed by atoms with Gasteiger partial charge in [0.1, 0.15) is 5.75 Å². The highest BCUT2D eigenvalue weighted by Crippen LogP contribution is 2.32. The van der Waals surface area contributed by atoms with Crippen molar-refractivity contribution in [2.24, 2.45) is 5.92 Å². The SMILES string of the molecule is O=C(NC1CC2CCN(CC2)C1)c1ccc(Oc2ccc(Cl)s2)cc1. The number of carbonyl (C=O) groups excluding carboxylic acids is 1. The molecule has 6 heteroatoms. The second-order valence-corrected chi connectivity index (χ2v) is 8.51. The van der Waals surface area contributed by atoms with Crippen molar-refractivity contribution in [1.82, 2.24) is 10.2 Å². The Morgan fingerprint density at radius 2 is 1.92 bits per heavy atom. The van der Waals surface area contributed by atoms with E-state index in [4.69, 9.17) is 16.3 Å². The number of hydrogen-bond donors (Lipinski definition) is 1. The van der Waals surface area contributed by atoms with Gasteiger partial charge in [-0.05, 0) is 74.7 Å². The molecule has 4 heterocycles. The van der Waals surface area contributed by atoms with Crippen LogP contribution in [0.1, 0.15) is 29.6 Å². The summed E-state index contributed by atoms with van der Waals surface area (Å²) >= 11 is 7.29. The van der Waals surface area contributed by atoms with Gasteiger partial charge < -0.3 is 15.0 Å². The van der Waals surface area contributed by atoms with Crippen LogP contribution in [0.4, 0.5) is 0 Å². The highest BCUT2D eigenvalue weighted by Gasteiger charge is 2.29. The van der Waals surface area contributed by atoms with Crippen LogP contribution >= 0.6 is 22.9 Å². The third-order valence-electron chi connectivity index (χ3n) is 5.02. The molecular weight excluding hydrogens is 356 g/mol. The molecule has 2 aromatic rings. The molecule has 0 spiro atoms. The summed E-state index contributed by atoms with van der Waals surface area (Å²) in [5.74, 6) is 1.46. The molecule has 2 bridgehead atoms. The molecular formula is C19H21ClN2O2S. The molecule has 4 nitrogen and oxygen atoms in total. The van der Waals surface area contributed by atoms with Gasteiger partial charge in [0.25, 0.3) is 5.91 Å². The molecule has 0 aliphatic carbocycles. The lowest BCUT2D eigenvalue weighted by Crippen LogP contribution is -2.41. The number of nitrogens with one attached hydrogen (secondary N) is 1. The van der Waals surface area contributed by atoms with E-state index in [0.29, 0.717) is 15.6 Å². The molecule has 1 unspecified atom stereocenters. The first-order chi connectivity index (χ1) is 12.2. The highest BCUT2D eigenvalue weighted by atomic mass is 35.5. The number of thiophene rings is 1. The highest BCUT2D eigenvalue weighted by molar-refractivity contribution is 7.17. The van der Waals surface area contributed by atoms with E-state index in [-0.39, 0.29) is 11.9 Å². The molecule has 5 rings (SSSR count). The van der Waals surface area contributed by atoms with Crippen molar-refractivity contribution in [3.63, 3.8) is 0 Å². The van der Waals surface area contributed by atoms with Gasteiger partial charge in [-0.25, -0.2) is 0 Å². The van der Waals surface area contributed by atoms with E-state index >= 15 is 0 Å². The molecule has 1 amide bonds. The Labute approximate surface area is 156 Å². The molecule has 1 aromatic heterocycles. The van der Waals surface area contributed by atoms with Gasteiger partial charge in [-0.2, -0.15) is 0 Å². The van der Waals surface area contributed by atoms with Gasteiger partial charge >= 0.3 is 0 Å². The van der Waals surface area contributed by atoms with Gasteiger partial charge in [0.15, 0.2) is 5.06 Å². The number of rotatable bonds is 4. The molecule has 1 atom stereocenters. The lowest BCUT2D eigenvalue weighted by atomic mass is 9.94. The van der Waals surface area contributed by atoms with Crippen molar-refractivity contribution in [1.29, 1.82) is 0 Å². The van der Waals surface area contributed by atoms with Crippen molar-refractivity contribution >= 4 is 28.8 Å². The predicted octanol–water partition coefficient (Wildman–Crippen LogP) is 4.41. The molecule has 25 heavy (non-hydrogen) atoms. The Balaban J connectivity index is 1.37. The summed E-state index contributed by atoms with van der Waals surface area (Å²) in [5.41, 5.74) is 0.670. The minimum absolute atomic E-state index is 0.00165. The van der Waals surface area contributed by atoms with E-state index in [1.807, 2.05) is 30.3 Å². The number of amides is 1. The Kier molecular flexibility index (Phi) is 4.97. The van der Waals surface area contributed by atoms with Crippen molar-refractivity contribution in [2.45, 2.75) is 25.3 Å². The lowest BCUT2D eigenvalue weighted by molar-refractivity contribution is 0.0929. The summed E-state index contributed by atoms with van der Waals surface area (Å²) in [5, 5.41) is 3.95. The quantitative estimate of drug-likeness (QED) is 0.859. The zero-order valence-electron chi connectivity index (χ0n) is 13.9. The first kappa shape index (κ1) is 16.9. The topological polar surface area (TPSA) is 41.6 Å². The zero-order valence-corrected chi connectivity index (χ0v) is 15.5. The third-order valence-corrected chi connectivity index (χ3v) is 6.13. The van der Waals surface area contributed by atoms with E-state index in [2.05, 4.69) is 10.2 Å². The van der Waals surface area contributed by atoms with Crippen molar-refractivity contribution in [2.75, 3.05) is 19.6 Å². The maximum atomic E-state index is 12.5. The Hall–Kier alpha value is -1.56. The maximum absolute atomic E-state index is 12.5. The van der Waals surface area contributed by atoms with Crippen LogP contribution in [0.5, 0.6) is 10.8 Å². The van der Waals surface area contributed by atoms with Gasteiger partial charge in [0, 0.05) is 18.2 Å². The molecule has 3 saturated heterocycles. The fourth-order valence-corrected chi connectivity index (χ4v) is 4.60. The first-order valence-electron chi connectivity index (χ1n) is 8.72. The lowest BCUT2D eigenvalue weighted by Gasteiger charge is -2.26. The largest absolute Gasteiger partial charge is 0.447 e. The minimum atomic E-state index is -0.00165. The second kappa shape index (κ2) is 7.36. The minimum Gasteiger partial charge on any atom is -0.447 e. The summed E-state index contributed by atoms with van der Waals surface area (Å²) < 4.78 is 6.43. The van der Waals surface area contributed by atoms with E-state index in [1.165, 1.54) is 37.3 Å². The fraction of sp³-hybridized carbons (Fsp3) is 0.421. The van der Waals surface area contributed by atoms with Crippen LogP contribution in [0.2, 0.25) is 4.34 Å².